The number of nitrogens with zero attached hydrogens (tertiary/aromatic N) is 2. The number of carbonyl (C=O) groups excluding carboxylic acids is 1. The van der Waals surface area contributed by atoms with Gasteiger partial charge in [-0.3, -0.25) is 14.6 Å². The highest BCUT2D eigenvalue weighted by molar-refractivity contribution is 7.92. The Morgan fingerprint density at radius 3 is 2.56 bits per heavy atom. The minimum atomic E-state index is -3.80. The number of sulfonamides is 1. The molecule has 32 heavy (non-hydrogen) atoms. The normalized spacial score (nSPS) is 14.4. The maximum Gasteiger partial charge on any atom is 0.261 e. The van der Waals surface area contributed by atoms with Crippen LogP contribution in [0.3, 0.4) is 0 Å². The Morgan fingerprint density at radius 2 is 1.94 bits per heavy atom. The molecule has 0 unspecified atom stereocenters. The van der Waals surface area contributed by atoms with E-state index in [0.717, 1.165) is 12.1 Å². The zero-order valence-electron chi connectivity index (χ0n) is 16.8. The van der Waals surface area contributed by atoms with Gasteiger partial charge in [-0.05, 0) is 24.6 Å². The highest BCUT2D eigenvalue weighted by atomic mass is 32.2. The van der Waals surface area contributed by atoms with Gasteiger partial charge < -0.3 is 5.32 Å². The summed E-state index contributed by atoms with van der Waals surface area (Å²) in [5.41, 5.74) is -0.722. The van der Waals surface area contributed by atoms with Crippen LogP contribution in [0.15, 0.2) is 30.6 Å². The van der Waals surface area contributed by atoms with E-state index in [9.17, 15) is 30.8 Å². The molecule has 0 bridgehead atoms. The van der Waals surface area contributed by atoms with E-state index in [2.05, 4.69) is 20.5 Å². The number of carbonyl (C=O) groups is 1. The molecular weight excluding hydrogens is 454 g/mol. The second-order valence-corrected chi connectivity index (χ2v) is 8.89. The number of amides is 1. The van der Waals surface area contributed by atoms with E-state index in [0.29, 0.717) is 17.5 Å². The molecule has 4 rings (SSSR count). The minimum absolute atomic E-state index is 0. The van der Waals surface area contributed by atoms with Crippen molar-refractivity contribution in [1.29, 1.82) is 0 Å². The first-order valence-corrected chi connectivity index (χ1v) is 11.1. The van der Waals surface area contributed by atoms with Crippen molar-refractivity contribution in [2.24, 2.45) is 0 Å². The monoisotopic (exact) mass is 479 g/mol. The Morgan fingerprint density at radius 1 is 1.25 bits per heavy atom. The molecule has 8 nitrogen and oxygen atoms in total. The molecule has 3 aromatic rings. The van der Waals surface area contributed by atoms with Gasteiger partial charge in [0.1, 0.15) is 11.4 Å². The lowest BCUT2D eigenvalue weighted by Crippen LogP contribution is -2.20. The Balaban J connectivity index is 0.00000129. The van der Waals surface area contributed by atoms with E-state index in [-0.39, 0.29) is 28.6 Å². The van der Waals surface area contributed by atoms with Crippen LogP contribution in [0.4, 0.5) is 28.9 Å². The highest BCUT2D eigenvalue weighted by Crippen LogP contribution is 2.40. The molecule has 1 amide bonds. The number of alkyl halides is 2. The van der Waals surface area contributed by atoms with E-state index in [1.807, 2.05) is 4.72 Å². The Hall–Kier alpha value is -3.22. The summed E-state index contributed by atoms with van der Waals surface area (Å²) in [7, 11) is -3.80. The van der Waals surface area contributed by atoms with Crippen LogP contribution in [-0.4, -0.2) is 41.2 Å². The van der Waals surface area contributed by atoms with Crippen LogP contribution in [0, 0.1) is 11.6 Å². The molecule has 13 heteroatoms. The van der Waals surface area contributed by atoms with Gasteiger partial charge in [0.2, 0.25) is 15.9 Å². The van der Waals surface area contributed by atoms with Gasteiger partial charge in [-0.2, -0.15) is 5.10 Å². The van der Waals surface area contributed by atoms with Gasteiger partial charge in [0.05, 0.1) is 29.5 Å². The van der Waals surface area contributed by atoms with Crippen LogP contribution in [-0.2, 0) is 10.0 Å². The van der Waals surface area contributed by atoms with Gasteiger partial charge in [0, 0.05) is 22.5 Å². The molecule has 1 aliphatic rings. The summed E-state index contributed by atoms with van der Waals surface area (Å²) < 4.78 is 76.6. The van der Waals surface area contributed by atoms with Gasteiger partial charge in [-0.15, -0.1) is 0 Å². The standard InChI is InChI=1S/C16H15F2N5O3S.C3H4F2.3H2/c1-2-5-27(25,26)23-12-4-3-11(17)13(14(12)18)16(24)21-10-6-9-7-20-22-15(9)19-8-10;4-3(5)1-2-3;;;/h3-4,6-8,23H,2,5H2,1H3,(H,21,24)(H,19,20,22);1-2H2;3*1H. The molecule has 1 saturated carbocycles. The molecule has 0 saturated heterocycles. The number of pyridine rings is 1. The van der Waals surface area contributed by atoms with Crippen molar-refractivity contribution >= 4 is 38.3 Å². The number of hydrogen-bond acceptors (Lipinski definition) is 5. The van der Waals surface area contributed by atoms with E-state index in [4.69, 9.17) is 0 Å². The molecule has 1 fully saturated rings. The molecule has 2 heterocycles. The van der Waals surface area contributed by atoms with Gasteiger partial charge in [-0.25, -0.2) is 31.0 Å². The average molecular weight is 480 g/mol. The lowest BCUT2D eigenvalue weighted by molar-refractivity contribution is 0.101. The predicted octanol–water partition coefficient (Wildman–Crippen LogP) is 4.79. The first kappa shape index (κ1) is 23.4. The van der Waals surface area contributed by atoms with Crippen molar-refractivity contribution in [3.63, 3.8) is 0 Å². The first-order chi connectivity index (χ1) is 15.0. The third-order valence-electron chi connectivity index (χ3n) is 4.23. The zero-order valence-corrected chi connectivity index (χ0v) is 17.6. The number of fused-ring (bicyclic) bond motifs is 1. The summed E-state index contributed by atoms with van der Waals surface area (Å²) in [6.45, 7) is 1.64. The first-order valence-electron chi connectivity index (χ1n) is 9.48. The molecule has 178 valence electrons. The number of benzene rings is 1. The van der Waals surface area contributed by atoms with Crippen LogP contribution in [0.25, 0.3) is 11.0 Å². The van der Waals surface area contributed by atoms with Crippen molar-refractivity contribution in [3.05, 3.63) is 47.8 Å². The minimum Gasteiger partial charge on any atom is -0.320 e. The van der Waals surface area contributed by atoms with Crippen LogP contribution >= 0.6 is 0 Å². The number of anilines is 2. The van der Waals surface area contributed by atoms with Crippen molar-refractivity contribution in [1.82, 2.24) is 15.2 Å². The number of rotatable bonds is 6. The summed E-state index contributed by atoms with van der Waals surface area (Å²) in [6, 6.07) is 3.26. The van der Waals surface area contributed by atoms with Crippen molar-refractivity contribution < 1.29 is 35.1 Å². The van der Waals surface area contributed by atoms with E-state index in [1.165, 1.54) is 18.5 Å². The fourth-order valence-corrected chi connectivity index (χ4v) is 3.65. The van der Waals surface area contributed by atoms with Gasteiger partial charge >= 0.3 is 0 Å². The largest absolute Gasteiger partial charge is 0.320 e. The quantitative estimate of drug-likeness (QED) is 0.440. The number of aromatic nitrogens is 3. The van der Waals surface area contributed by atoms with Crippen molar-refractivity contribution in [2.45, 2.75) is 32.1 Å². The smallest absolute Gasteiger partial charge is 0.261 e. The third kappa shape index (κ3) is 5.93. The summed E-state index contributed by atoms with van der Waals surface area (Å²) in [5, 5.41) is 9.34. The average Bonchev–Trinajstić information content (AvgIpc) is 3.21. The Bertz CT molecular complexity index is 1260. The third-order valence-corrected chi connectivity index (χ3v) is 5.71. The SMILES string of the molecule is CCCS(=O)(=O)Nc1ccc(F)c(C(=O)Nc2cnc3[nH]ncc3c2)c1F.FC1(F)CC1.[HH].[HH].[HH]. The summed E-state index contributed by atoms with van der Waals surface area (Å²) in [6.07, 6.45) is 3.32. The van der Waals surface area contributed by atoms with Crippen LogP contribution in [0.5, 0.6) is 0 Å². The van der Waals surface area contributed by atoms with E-state index in [1.54, 1.807) is 6.92 Å². The maximum absolute atomic E-state index is 14.6. The molecular formula is C19H25F4N5O3S. The van der Waals surface area contributed by atoms with E-state index >= 15 is 0 Å². The fraction of sp³-hybridized carbons (Fsp3) is 0.316. The lowest BCUT2D eigenvalue weighted by atomic mass is 10.1. The zero-order chi connectivity index (χ0) is 23.5. The van der Waals surface area contributed by atoms with Crippen LogP contribution in [0.2, 0.25) is 0 Å². The van der Waals surface area contributed by atoms with Gasteiger partial charge in [-0.1, -0.05) is 6.92 Å². The summed E-state index contributed by atoms with van der Waals surface area (Å²) in [4.78, 5) is 16.4. The molecule has 0 radical (unpaired) electrons. The molecule has 0 spiro atoms. The lowest BCUT2D eigenvalue weighted by Gasteiger charge is -2.12. The number of H-pyrrole nitrogens is 1. The summed E-state index contributed by atoms with van der Waals surface area (Å²) in [5.74, 6) is -5.99. The number of hydrogen-bond donors (Lipinski definition) is 3. The number of nitrogens with one attached hydrogen (secondary N) is 3. The maximum atomic E-state index is 14.6. The fourth-order valence-electron chi connectivity index (χ4n) is 2.52. The predicted molar refractivity (Wildman–Crippen MR) is 116 cm³/mol. The van der Waals surface area contributed by atoms with Gasteiger partial charge in [0.25, 0.3) is 5.91 Å². The summed E-state index contributed by atoms with van der Waals surface area (Å²) >= 11 is 0. The van der Waals surface area contributed by atoms with Crippen molar-refractivity contribution in [3.8, 4) is 0 Å². The molecule has 1 aromatic carbocycles. The second kappa shape index (κ2) is 9.10. The molecule has 0 atom stereocenters. The topological polar surface area (TPSA) is 117 Å². The Labute approximate surface area is 184 Å². The molecule has 3 N–H and O–H groups in total. The Kier molecular flexibility index (Phi) is 6.67. The van der Waals surface area contributed by atoms with Crippen LogP contribution < -0.4 is 10.0 Å². The van der Waals surface area contributed by atoms with Crippen LogP contribution in [0.1, 0.15) is 40.8 Å². The van der Waals surface area contributed by atoms with Crippen molar-refractivity contribution in [2.75, 3.05) is 15.8 Å². The number of aromatic amines is 1. The second-order valence-electron chi connectivity index (χ2n) is 7.05. The number of halogens is 4. The van der Waals surface area contributed by atoms with Gasteiger partial charge in [0.15, 0.2) is 11.5 Å². The highest BCUT2D eigenvalue weighted by Gasteiger charge is 2.43. The molecule has 1 aliphatic carbocycles. The van der Waals surface area contributed by atoms with E-state index < -0.39 is 44.7 Å². The molecule has 2 aromatic heterocycles. The molecule has 0 aliphatic heterocycles.